The van der Waals surface area contributed by atoms with E-state index in [1.54, 1.807) is 36.4 Å². The number of ether oxygens (including phenoxy) is 1. The van der Waals surface area contributed by atoms with Gasteiger partial charge < -0.3 is 4.74 Å². The first-order valence-corrected chi connectivity index (χ1v) is 8.82. The summed E-state index contributed by atoms with van der Waals surface area (Å²) in [6, 6.07) is 22.2. The van der Waals surface area contributed by atoms with Crippen LogP contribution < -0.4 is 4.74 Å². The molecule has 2 nitrogen and oxygen atoms in total. The summed E-state index contributed by atoms with van der Waals surface area (Å²) in [6.07, 6.45) is 3.21. The number of halogens is 2. The maximum absolute atomic E-state index is 12.6. The van der Waals surface area contributed by atoms with Crippen molar-refractivity contribution in [1.29, 1.82) is 0 Å². The van der Waals surface area contributed by atoms with Crippen LogP contribution in [0.2, 0.25) is 10.0 Å². The molecule has 0 aliphatic rings. The molecule has 4 heteroatoms. The molecule has 3 aromatic rings. The van der Waals surface area contributed by atoms with Crippen LogP contribution >= 0.6 is 23.2 Å². The minimum absolute atomic E-state index is 0.139. The van der Waals surface area contributed by atoms with Gasteiger partial charge in [-0.05, 0) is 41.5 Å². The zero-order valence-electron chi connectivity index (χ0n) is 13.9. The van der Waals surface area contributed by atoms with Crippen molar-refractivity contribution in [1.82, 2.24) is 0 Å². The predicted octanol–water partition coefficient (Wildman–Crippen LogP) is 6.47. The molecule has 3 rings (SSSR count). The molecule has 0 atom stereocenters. The summed E-state index contributed by atoms with van der Waals surface area (Å²) in [5, 5.41) is 0.933. The Kier molecular flexibility index (Phi) is 6.11. The van der Waals surface area contributed by atoms with E-state index in [1.807, 2.05) is 42.5 Å². The second-order valence-corrected chi connectivity index (χ2v) is 6.46. The van der Waals surface area contributed by atoms with Crippen LogP contribution in [0.1, 0.15) is 21.5 Å². The standard InChI is InChI=1S/C22H16Cl2O2/c23-19-12-10-16(14-20(19)24)11-13-21(25)18-8-4-5-9-22(18)26-15-17-6-2-1-3-7-17/h1-14H,15H2/b13-11-. The number of carbonyl (C=O) groups excluding carboxylic acids is 1. The quantitative estimate of drug-likeness (QED) is 0.360. The molecule has 0 saturated heterocycles. The number of benzene rings is 3. The van der Waals surface area contributed by atoms with E-state index in [2.05, 4.69) is 0 Å². The van der Waals surface area contributed by atoms with Crippen molar-refractivity contribution < 1.29 is 9.53 Å². The maximum atomic E-state index is 12.6. The summed E-state index contributed by atoms with van der Waals surface area (Å²) in [7, 11) is 0. The van der Waals surface area contributed by atoms with E-state index in [0.29, 0.717) is 28.0 Å². The number of rotatable bonds is 6. The van der Waals surface area contributed by atoms with Gasteiger partial charge in [-0.2, -0.15) is 0 Å². The fourth-order valence-corrected chi connectivity index (χ4v) is 2.72. The Bertz CT molecular complexity index is 934. The molecule has 26 heavy (non-hydrogen) atoms. The molecule has 3 aromatic carbocycles. The normalized spacial score (nSPS) is 10.8. The number of carbonyl (C=O) groups is 1. The summed E-state index contributed by atoms with van der Waals surface area (Å²) in [5.41, 5.74) is 2.36. The van der Waals surface area contributed by atoms with Crippen LogP contribution in [0, 0.1) is 0 Å². The molecule has 130 valence electrons. The van der Waals surface area contributed by atoms with Gasteiger partial charge in [0.1, 0.15) is 12.4 Å². The molecule has 0 fully saturated rings. The van der Waals surface area contributed by atoms with Crippen LogP contribution in [0.15, 0.2) is 78.9 Å². The average Bonchev–Trinajstić information content (AvgIpc) is 2.68. The molecular weight excluding hydrogens is 367 g/mol. The van der Waals surface area contributed by atoms with E-state index >= 15 is 0 Å². The van der Waals surface area contributed by atoms with Gasteiger partial charge in [0.25, 0.3) is 0 Å². The lowest BCUT2D eigenvalue weighted by molar-refractivity contribution is 0.104. The summed E-state index contributed by atoms with van der Waals surface area (Å²) < 4.78 is 5.84. The van der Waals surface area contributed by atoms with Gasteiger partial charge in [0.2, 0.25) is 0 Å². The third-order valence-corrected chi connectivity index (χ3v) is 4.50. The molecule has 0 spiro atoms. The molecule has 0 bridgehead atoms. The number of allylic oxidation sites excluding steroid dienone is 1. The van der Waals surface area contributed by atoms with Gasteiger partial charge in [-0.25, -0.2) is 0 Å². The van der Waals surface area contributed by atoms with Crippen molar-refractivity contribution in [3.05, 3.63) is 106 Å². The summed E-state index contributed by atoms with van der Waals surface area (Å²) >= 11 is 11.9. The minimum atomic E-state index is -0.139. The Morgan fingerprint density at radius 1 is 0.885 bits per heavy atom. The predicted molar refractivity (Wildman–Crippen MR) is 107 cm³/mol. The highest BCUT2D eigenvalue weighted by Crippen LogP contribution is 2.24. The number of para-hydroxylation sites is 1. The van der Waals surface area contributed by atoms with Crippen molar-refractivity contribution in [3.8, 4) is 5.75 Å². The molecule has 0 aliphatic carbocycles. The van der Waals surface area contributed by atoms with Gasteiger partial charge in [-0.3, -0.25) is 4.79 Å². The molecule has 0 aromatic heterocycles. The van der Waals surface area contributed by atoms with Crippen molar-refractivity contribution in [2.45, 2.75) is 6.61 Å². The highest BCUT2D eigenvalue weighted by atomic mass is 35.5. The number of hydrogen-bond donors (Lipinski definition) is 0. The molecule has 0 radical (unpaired) electrons. The zero-order chi connectivity index (χ0) is 18.4. The molecule has 0 saturated carbocycles. The van der Waals surface area contributed by atoms with Gasteiger partial charge in [-0.1, -0.05) is 77.8 Å². The first-order chi connectivity index (χ1) is 12.6. The van der Waals surface area contributed by atoms with Gasteiger partial charge >= 0.3 is 0 Å². The zero-order valence-corrected chi connectivity index (χ0v) is 15.4. The number of hydrogen-bond acceptors (Lipinski definition) is 2. The molecule has 0 N–H and O–H groups in total. The lowest BCUT2D eigenvalue weighted by atomic mass is 10.1. The Balaban J connectivity index is 1.74. The average molecular weight is 383 g/mol. The third kappa shape index (κ3) is 4.75. The Hall–Kier alpha value is -2.55. The van der Waals surface area contributed by atoms with E-state index < -0.39 is 0 Å². The molecular formula is C22H16Cl2O2. The summed E-state index contributed by atoms with van der Waals surface area (Å²) in [4.78, 5) is 12.6. The SMILES string of the molecule is O=C(/C=C\c1ccc(Cl)c(Cl)c1)c1ccccc1OCc1ccccc1. The lowest BCUT2D eigenvalue weighted by Gasteiger charge is -2.09. The van der Waals surface area contributed by atoms with E-state index in [-0.39, 0.29) is 5.78 Å². The largest absolute Gasteiger partial charge is 0.488 e. The van der Waals surface area contributed by atoms with E-state index in [1.165, 1.54) is 6.08 Å². The van der Waals surface area contributed by atoms with Gasteiger partial charge in [0, 0.05) is 0 Å². The van der Waals surface area contributed by atoms with Crippen LogP contribution in [0.3, 0.4) is 0 Å². The number of ketones is 1. The molecule has 0 heterocycles. The fraction of sp³-hybridized carbons (Fsp3) is 0.0455. The van der Waals surface area contributed by atoms with Gasteiger partial charge in [0.05, 0.1) is 15.6 Å². The highest BCUT2D eigenvalue weighted by molar-refractivity contribution is 6.42. The Morgan fingerprint density at radius 2 is 1.62 bits per heavy atom. The lowest BCUT2D eigenvalue weighted by Crippen LogP contribution is -2.02. The Labute approximate surface area is 162 Å². The molecule has 0 aliphatic heterocycles. The maximum Gasteiger partial charge on any atom is 0.189 e. The fourth-order valence-electron chi connectivity index (χ4n) is 2.41. The summed E-state index contributed by atoms with van der Waals surface area (Å²) in [5.74, 6) is 0.417. The van der Waals surface area contributed by atoms with E-state index in [9.17, 15) is 4.79 Å². The van der Waals surface area contributed by atoms with Crippen LogP contribution in [0.25, 0.3) is 6.08 Å². The van der Waals surface area contributed by atoms with E-state index in [4.69, 9.17) is 27.9 Å². The van der Waals surface area contributed by atoms with Crippen molar-refractivity contribution in [2.24, 2.45) is 0 Å². The van der Waals surface area contributed by atoms with Crippen LogP contribution in [-0.4, -0.2) is 5.78 Å². The van der Waals surface area contributed by atoms with Crippen molar-refractivity contribution in [3.63, 3.8) is 0 Å². The van der Waals surface area contributed by atoms with E-state index in [0.717, 1.165) is 11.1 Å². The summed E-state index contributed by atoms with van der Waals surface area (Å²) in [6.45, 7) is 0.404. The highest BCUT2D eigenvalue weighted by Gasteiger charge is 2.09. The first-order valence-electron chi connectivity index (χ1n) is 8.07. The first kappa shape index (κ1) is 18.2. The van der Waals surface area contributed by atoms with Crippen LogP contribution in [0.5, 0.6) is 5.75 Å². The van der Waals surface area contributed by atoms with Crippen molar-refractivity contribution in [2.75, 3.05) is 0 Å². The second kappa shape index (κ2) is 8.70. The van der Waals surface area contributed by atoms with Crippen LogP contribution in [-0.2, 0) is 6.61 Å². The van der Waals surface area contributed by atoms with Crippen molar-refractivity contribution >= 4 is 35.1 Å². The third-order valence-electron chi connectivity index (χ3n) is 3.76. The second-order valence-electron chi connectivity index (χ2n) is 5.64. The minimum Gasteiger partial charge on any atom is -0.488 e. The Morgan fingerprint density at radius 3 is 2.38 bits per heavy atom. The topological polar surface area (TPSA) is 26.3 Å². The van der Waals surface area contributed by atoms with Gasteiger partial charge in [0.15, 0.2) is 5.78 Å². The van der Waals surface area contributed by atoms with Gasteiger partial charge in [-0.15, -0.1) is 0 Å². The molecule has 0 amide bonds. The monoisotopic (exact) mass is 382 g/mol. The molecule has 0 unspecified atom stereocenters. The van der Waals surface area contributed by atoms with Crippen LogP contribution in [0.4, 0.5) is 0 Å². The smallest absolute Gasteiger partial charge is 0.189 e.